The number of carbonyl (C=O) groups is 1. The molecule has 0 bridgehead atoms. The number of aromatic amines is 1. The zero-order chi connectivity index (χ0) is 25.1. The van der Waals surface area contributed by atoms with Gasteiger partial charge < -0.3 is 20.4 Å². The van der Waals surface area contributed by atoms with E-state index < -0.39 is 0 Å². The number of fused-ring (bicyclic) bond motifs is 1. The zero-order valence-electron chi connectivity index (χ0n) is 20.6. The van der Waals surface area contributed by atoms with E-state index in [1.807, 2.05) is 49.3 Å². The third-order valence-electron chi connectivity index (χ3n) is 7.41. The maximum Gasteiger partial charge on any atom is 0.317 e. The molecular formula is C26H31N9O. The molecule has 10 heteroatoms. The number of aromatic nitrogens is 4. The molecule has 2 heterocycles. The largest absolute Gasteiger partial charge is 0.341 e. The first kappa shape index (κ1) is 23.6. The number of hydrogen-bond donors (Lipinski definition) is 3. The van der Waals surface area contributed by atoms with Crippen molar-refractivity contribution in [3.8, 4) is 6.07 Å². The van der Waals surface area contributed by atoms with Crippen LogP contribution in [0.4, 0.5) is 22.4 Å². The molecule has 0 aliphatic heterocycles. The van der Waals surface area contributed by atoms with E-state index in [4.69, 9.17) is 5.26 Å². The van der Waals surface area contributed by atoms with E-state index in [9.17, 15) is 4.79 Å². The standard InChI is InChI=1S/C26H31N9O/c1-34(25-28-11-9-23(32-25)31-24-10-12-29-33-24)21-7-5-20(6-8-21)30-26(36)35(2)22-14-18-4-3-17(16-27)13-19(18)15-22/h3-4,9-13,20-22H,5-8,14-15H2,1-2H3,(H,30,36)(H2,28,29,31,32,33). The number of urea groups is 1. The zero-order valence-corrected chi connectivity index (χ0v) is 20.6. The highest BCUT2D eigenvalue weighted by Crippen LogP contribution is 2.28. The van der Waals surface area contributed by atoms with Crippen LogP contribution in [0.25, 0.3) is 0 Å². The maximum atomic E-state index is 13.0. The number of H-pyrrole nitrogens is 1. The summed E-state index contributed by atoms with van der Waals surface area (Å²) in [5.41, 5.74) is 3.08. The van der Waals surface area contributed by atoms with E-state index in [-0.39, 0.29) is 18.1 Å². The normalized spacial score (nSPS) is 20.8. The fourth-order valence-electron chi connectivity index (χ4n) is 5.20. The molecule has 0 radical (unpaired) electrons. The number of carbonyl (C=O) groups excluding carboxylic acids is 1. The van der Waals surface area contributed by atoms with Crippen LogP contribution >= 0.6 is 0 Å². The van der Waals surface area contributed by atoms with Crippen molar-refractivity contribution in [1.82, 2.24) is 30.4 Å². The fraction of sp³-hybridized carbons (Fsp3) is 0.423. The lowest BCUT2D eigenvalue weighted by Crippen LogP contribution is -2.49. The van der Waals surface area contributed by atoms with Crippen molar-refractivity contribution in [3.63, 3.8) is 0 Å². The Hall–Kier alpha value is -4.13. The molecule has 1 aromatic carbocycles. The molecule has 2 amide bonds. The summed E-state index contributed by atoms with van der Waals surface area (Å²) >= 11 is 0. The number of benzene rings is 1. The minimum Gasteiger partial charge on any atom is -0.341 e. The van der Waals surface area contributed by atoms with E-state index in [1.54, 1.807) is 12.4 Å². The summed E-state index contributed by atoms with van der Waals surface area (Å²) in [4.78, 5) is 26.1. The van der Waals surface area contributed by atoms with Gasteiger partial charge in [0.1, 0.15) is 11.6 Å². The summed E-state index contributed by atoms with van der Waals surface area (Å²) in [6.45, 7) is 0. The van der Waals surface area contributed by atoms with Crippen LogP contribution in [-0.2, 0) is 12.8 Å². The van der Waals surface area contributed by atoms with Crippen molar-refractivity contribution < 1.29 is 4.79 Å². The summed E-state index contributed by atoms with van der Waals surface area (Å²) in [6.07, 6.45) is 8.80. The van der Waals surface area contributed by atoms with Crippen molar-refractivity contribution >= 4 is 23.6 Å². The van der Waals surface area contributed by atoms with Crippen molar-refractivity contribution in [3.05, 3.63) is 59.4 Å². The first-order valence-electron chi connectivity index (χ1n) is 12.4. The smallest absolute Gasteiger partial charge is 0.317 e. The van der Waals surface area contributed by atoms with Gasteiger partial charge in [0, 0.05) is 44.5 Å². The van der Waals surface area contributed by atoms with E-state index in [2.05, 4.69) is 41.8 Å². The molecule has 5 rings (SSSR count). The first-order chi connectivity index (χ1) is 17.5. The second kappa shape index (κ2) is 10.2. The Labute approximate surface area is 210 Å². The van der Waals surface area contributed by atoms with Gasteiger partial charge in [-0.3, -0.25) is 5.10 Å². The molecule has 1 unspecified atom stereocenters. The topological polar surface area (TPSA) is 126 Å². The molecule has 1 atom stereocenters. The number of anilines is 3. The molecule has 3 aromatic rings. The molecule has 2 aromatic heterocycles. The molecule has 3 N–H and O–H groups in total. The lowest BCUT2D eigenvalue weighted by atomic mass is 9.90. The lowest BCUT2D eigenvalue weighted by molar-refractivity contribution is 0.183. The highest BCUT2D eigenvalue weighted by Gasteiger charge is 2.31. The van der Waals surface area contributed by atoms with Gasteiger partial charge in [-0.25, -0.2) is 9.78 Å². The fourth-order valence-corrected chi connectivity index (χ4v) is 5.20. The third kappa shape index (κ3) is 5.10. The third-order valence-corrected chi connectivity index (χ3v) is 7.41. The molecule has 0 spiro atoms. The average molecular weight is 486 g/mol. The number of amides is 2. The van der Waals surface area contributed by atoms with E-state index in [0.29, 0.717) is 23.4 Å². The van der Waals surface area contributed by atoms with E-state index in [0.717, 1.165) is 44.3 Å². The van der Waals surface area contributed by atoms with Crippen LogP contribution < -0.4 is 15.5 Å². The maximum absolute atomic E-state index is 13.0. The number of likely N-dealkylation sites (N-methyl/N-ethyl adjacent to an activating group) is 1. The highest BCUT2D eigenvalue weighted by molar-refractivity contribution is 5.75. The van der Waals surface area contributed by atoms with E-state index >= 15 is 0 Å². The average Bonchev–Trinajstić information content (AvgIpc) is 3.57. The van der Waals surface area contributed by atoms with Crippen LogP contribution in [0.3, 0.4) is 0 Å². The van der Waals surface area contributed by atoms with Crippen LogP contribution in [0.2, 0.25) is 0 Å². The molecule has 10 nitrogen and oxygen atoms in total. The van der Waals surface area contributed by atoms with E-state index in [1.165, 1.54) is 11.1 Å². The summed E-state index contributed by atoms with van der Waals surface area (Å²) in [5, 5.41) is 22.4. The first-order valence-corrected chi connectivity index (χ1v) is 12.4. The Morgan fingerprint density at radius 3 is 2.61 bits per heavy atom. The summed E-state index contributed by atoms with van der Waals surface area (Å²) in [7, 11) is 3.90. The van der Waals surface area contributed by atoms with Gasteiger partial charge in [-0.2, -0.15) is 15.3 Å². The van der Waals surface area contributed by atoms with Crippen LogP contribution in [0.1, 0.15) is 42.4 Å². The number of hydrogen-bond acceptors (Lipinski definition) is 7. The number of rotatable bonds is 6. The Morgan fingerprint density at radius 1 is 1.06 bits per heavy atom. The summed E-state index contributed by atoms with van der Waals surface area (Å²) < 4.78 is 0. The summed E-state index contributed by atoms with van der Waals surface area (Å²) in [6, 6.07) is 12.3. The molecule has 2 aliphatic rings. The quantitative estimate of drug-likeness (QED) is 0.489. The van der Waals surface area contributed by atoms with Gasteiger partial charge in [0.05, 0.1) is 17.8 Å². The SMILES string of the molecule is CN(C(=O)NC1CCC(N(C)c2nccc(Nc3ccn[nH]3)n2)CC1)C1Cc2ccc(C#N)cc2C1. The van der Waals surface area contributed by atoms with Crippen molar-refractivity contribution in [2.24, 2.45) is 0 Å². The second-order valence-corrected chi connectivity index (χ2v) is 9.67. The van der Waals surface area contributed by atoms with Crippen LogP contribution in [0, 0.1) is 11.3 Å². The van der Waals surface area contributed by atoms with Gasteiger partial charge in [0.15, 0.2) is 0 Å². The minimum absolute atomic E-state index is 0.0222. The van der Waals surface area contributed by atoms with Crippen LogP contribution in [0.5, 0.6) is 0 Å². The van der Waals surface area contributed by atoms with Crippen molar-refractivity contribution in [1.29, 1.82) is 5.26 Å². The molecule has 186 valence electrons. The second-order valence-electron chi connectivity index (χ2n) is 9.67. The van der Waals surface area contributed by atoms with Gasteiger partial charge in [0.25, 0.3) is 0 Å². The van der Waals surface area contributed by atoms with Gasteiger partial charge in [-0.1, -0.05) is 6.07 Å². The number of nitriles is 1. The van der Waals surface area contributed by atoms with Gasteiger partial charge in [0.2, 0.25) is 5.95 Å². The predicted molar refractivity (Wildman–Crippen MR) is 137 cm³/mol. The minimum atomic E-state index is -0.0222. The van der Waals surface area contributed by atoms with Gasteiger partial charge in [-0.15, -0.1) is 0 Å². The van der Waals surface area contributed by atoms with Gasteiger partial charge >= 0.3 is 6.03 Å². The number of nitrogens with one attached hydrogen (secondary N) is 3. The van der Waals surface area contributed by atoms with Crippen LogP contribution in [-0.4, -0.2) is 63.3 Å². The molecular weight excluding hydrogens is 454 g/mol. The van der Waals surface area contributed by atoms with Crippen molar-refractivity contribution in [2.75, 3.05) is 24.3 Å². The predicted octanol–water partition coefficient (Wildman–Crippen LogP) is 3.37. The molecule has 0 saturated heterocycles. The molecule has 36 heavy (non-hydrogen) atoms. The molecule has 2 aliphatic carbocycles. The van der Waals surface area contributed by atoms with Crippen molar-refractivity contribution in [2.45, 2.75) is 56.7 Å². The Bertz CT molecular complexity index is 1240. The monoisotopic (exact) mass is 485 g/mol. The Balaban J connectivity index is 1.11. The van der Waals surface area contributed by atoms with Gasteiger partial charge in [-0.05, 0) is 67.9 Å². The lowest BCUT2D eigenvalue weighted by Gasteiger charge is -2.36. The Kier molecular flexibility index (Phi) is 6.71. The summed E-state index contributed by atoms with van der Waals surface area (Å²) in [5.74, 6) is 2.15. The molecule has 1 fully saturated rings. The number of nitrogens with zero attached hydrogens (tertiary/aromatic N) is 6. The highest BCUT2D eigenvalue weighted by atomic mass is 16.2. The molecule has 1 saturated carbocycles. The van der Waals surface area contributed by atoms with Crippen LogP contribution in [0.15, 0.2) is 42.7 Å². The Morgan fingerprint density at radius 2 is 1.86 bits per heavy atom.